The lowest BCUT2D eigenvalue weighted by atomic mass is 10.2. The van der Waals surface area contributed by atoms with Crippen molar-refractivity contribution in [3.05, 3.63) is 35.9 Å². The van der Waals surface area contributed by atoms with Gasteiger partial charge in [-0.3, -0.25) is 4.79 Å². The van der Waals surface area contributed by atoms with E-state index < -0.39 is 0 Å². The third-order valence-electron chi connectivity index (χ3n) is 2.63. The van der Waals surface area contributed by atoms with E-state index in [1.807, 2.05) is 37.3 Å². The van der Waals surface area contributed by atoms with Crippen molar-refractivity contribution in [2.75, 3.05) is 26.3 Å². The van der Waals surface area contributed by atoms with Gasteiger partial charge in [0.05, 0.1) is 0 Å². The molecule has 1 amide bonds. The maximum Gasteiger partial charge on any atom is 0.248 e. The van der Waals surface area contributed by atoms with Crippen molar-refractivity contribution in [3.8, 4) is 0 Å². The molecule has 108 valence electrons. The SMILES string of the molecule is CCOCC(=O)N(CCCN)Cc1ccccc1.Cl. The highest BCUT2D eigenvalue weighted by atomic mass is 35.5. The van der Waals surface area contributed by atoms with E-state index in [-0.39, 0.29) is 24.9 Å². The normalized spacial score (nSPS) is 9.79. The highest BCUT2D eigenvalue weighted by Gasteiger charge is 2.13. The molecule has 0 bridgehead atoms. The lowest BCUT2D eigenvalue weighted by molar-refractivity contribution is -0.136. The van der Waals surface area contributed by atoms with Crippen LogP contribution in [0.1, 0.15) is 18.9 Å². The topological polar surface area (TPSA) is 55.6 Å². The molecule has 1 aromatic rings. The summed E-state index contributed by atoms with van der Waals surface area (Å²) in [5.74, 6) is 0.0224. The molecule has 1 aromatic carbocycles. The summed E-state index contributed by atoms with van der Waals surface area (Å²) in [6.07, 6.45) is 0.810. The first-order chi connectivity index (χ1) is 8.77. The molecule has 0 aliphatic rings. The van der Waals surface area contributed by atoms with Crippen molar-refractivity contribution in [3.63, 3.8) is 0 Å². The van der Waals surface area contributed by atoms with Crippen LogP contribution >= 0.6 is 12.4 Å². The Bertz CT molecular complexity index is 347. The van der Waals surface area contributed by atoms with Crippen LogP contribution in [0.5, 0.6) is 0 Å². The van der Waals surface area contributed by atoms with Crippen LogP contribution < -0.4 is 5.73 Å². The Morgan fingerprint density at radius 3 is 2.58 bits per heavy atom. The number of nitrogens with zero attached hydrogens (tertiary/aromatic N) is 1. The molecule has 1 rings (SSSR count). The second-order valence-corrected chi connectivity index (χ2v) is 4.08. The van der Waals surface area contributed by atoms with Crippen LogP contribution in [0.25, 0.3) is 0 Å². The average Bonchev–Trinajstić information content (AvgIpc) is 2.42. The first-order valence-corrected chi connectivity index (χ1v) is 6.37. The molecule has 0 fully saturated rings. The molecule has 0 aromatic heterocycles. The standard InChI is InChI=1S/C14H22N2O2.ClH/c1-2-18-12-14(17)16(10-6-9-15)11-13-7-4-3-5-8-13;/h3-5,7-8H,2,6,9-12,15H2,1H3;1H. The van der Waals surface area contributed by atoms with E-state index in [4.69, 9.17) is 10.5 Å². The van der Waals surface area contributed by atoms with Crippen LogP contribution in [0, 0.1) is 0 Å². The number of hydrogen-bond acceptors (Lipinski definition) is 3. The first-order valence-electron chi connectivity index (χ1n) is 6.37. The van der Waals surface area contributed by atoms with Crippen molar-refractivity contribution in [1.82, 2.24) is 4.90 Å². The van der Waals surface area contributed by atoms with Gasteiger partial charge < -0.3 is 15.4 Å². The highest BCUT2D eigenvalue weighted by molar-refractivity contribution is 5.85. The van der Waals surface area contributed by atoms with E-state index in [0.29, 0.717) is 26.2 Å². The Balaban J connectivity index is 0.00000324. The van der Waals surface area contributed by atoms with Gasteiger partial charge in [-0.1, -0.05) is 30.3 Å². The molecule has 4 nitrogen and oxygen atoms in total. The Labute approximate surface area is 121 Å². The minimum Gasteiger partial charge on any atom is -0.372 e. The number of benzene rings is 1. The minimum absolute atomic E-state index is 0. The maximum absolute atomic E-state index is 12.0. The van der Waals surface area contributed by atoms with Crippen LogP contribution in [0.3, 0.4) is 0 Å². The molecular weight excluding hydrogens is 264 g/mol. The molecule has 0 saturated heterocycles. The first kappa shape index (κ1) is 17.9. The number of hydrogen-bond donors (Lipinski definition) is 1. The summed E-state index contributed by atoms with van der Waals surface area (Å²) in [7, 11) is 0. The van der Waals surface area contributed by atoms with Gasteiger partial charge in [0, 0.05) is 19.7 Å². The Kier molecular flexibility index (Phi) is 10.2. The molecule has 0 heterocycles. The fourth-order valence-corrected chi connectivity index (χ4v) is 1.66. The van der Waals surface area contributed by atoms with E-state index in [1.165, 1.54) is 0 Å². The zero-order valence-corrected chi connectivity index (χ0v) is 12.2. The van der Waals surface area contributed by atoms with E-state index in [2.05, 4.69) is 0 Å². The molecular formula is C14H23ClN2O2. The summed E-state index contributed by atoms with van der Waals surface area (Å²) in [4.78, 5) is 13.8. The average molecular weight is 287 g/mol. The van der Waals surface area contributed by atoms with Gasteiger partial charge in [-0.05, 0) is 25.5 Å². The minimum atomic E-state index is 0. The number of ether oxygens (including phenoxy) is 1. The lowest BCUT2D eigenvalue weighted by Gasteiger charge is -2.22. The zero-order valence-electron chi connectivity index (χ0n) is 11.4. The smallest absolute Gasteiger partial charge is 0.248 e. The monoisotopic (exact) mass is 286 g/mol. The van der Waals surface area contributed by atoms with Crippen LogP contribution in [-0.2, 0) is 16.1 Å². The summed E-state index contributed by atoms with van der Waals surface area (Å²) in [5.41, 5.74) is 6.63. The molecule has 19 heavy (non-hydrogen) atoms. The zero-order chi connectivity index (χ0) is 13.2. The van der Waals surface area contributed by atoms with Gasteiger partial charge in [-0.2, -0.15) is 0 Å². The molecule has 0 aliphatic carbocycles. The molecule has 0 radical (unpaired) electrons. The van der Waals surface area contributed by atoms with Crippen molar-refractivity contribution >= 4 is 18.3 Å². The number of rotatable bonds is 8. The number of halogens is 1. The van der Waals surface area contributed by atoms with Gasteiger partial charge in [0.25, 0.3) is 0 Å². The lowest BCUT2D eigenvalue weighted by Crippen LogP contribution is -2.35. The Morgan fingerprint density at radius 2 is 2.00 bits per heavy atom. The van der Waals surface area contributed by atoms with Gasteiger partial charge in [0.1, 0.15) is 6.61 Å². The second-order valence-electron chi connectivity index (χ2n) is 4.08. The largest absolute Gasteiger partial charge is 0.372 e. The van der Waals surface area contributed by atoms with E-state index in [9.17, 15) is 4.79 Å². The van der Waals surface area contributed by atoms with Crippen molar-refractivity contribution in [1.29, 1.82) is 0 Å². The summed E-state index contributed by atoms with van der Waals surface area (Å²) in [6.45, 7) is 4.47. The number of carbonyl (C=O) groups is 1. The number of carbonyl (C=O) groups excluding carboxylic acids is 1. The van der Waals surface area contributed by atoms with Crippen LogP contribution in [0.2, 0.25) is 0 Å². The number of nitrogens with two attached hydrogens (primary N) is 1. The van der Waals surface area contributed by atoms with E-state index >= 15 is 0 Å². The molecule has 0 spiro atoms. The number of amides is 1. The van der Waals surface area contributed by atoms with E-state index in [1.54, 1.807) is 4.90 Å². The maximum atomic E-state index is 12.0. The van der Waals surface area contributed by atoms with Crippen LogP contribution in [0.15, 0.2) is 30.3 Å². The molecule has 2 N–H and O–H groups in total. The molecule has 0 saturated carbocycles. The van der Waals surface area contributed by atoms with Crippen LogP contribution in [0.4, 0.5) is 0 Å². The summed E-state index contributed by atoms with van der Waals surface area (Å²) < 4.78 is 5.17. The van der Waals surface area contributed by atoms with Crippen LogP contribution in [-0.4, -0.2) is 37.1 Å². The summed E-state index contributed by atoms with van der Waals surface area (Å²) in [5, 5.41) is 0. The third-order valence-corrected chi connectivity index (χ3v) is 2.63. The summed E-state index contributed by atoms with van der Waals surface area (Å²) >= 11 is 0. The van der Waals surface area contributed by atoms with Gasteiger partial charge >= 0.3 is 0 Å². The second kappa shape index (κ2) is 10.8. The molecule has 0 atom stereocenters. The fourth-order valence-electron chi connectivity index (χ4n) is 1.66. The molecule has 0 aliphatic heterocycles. The Morgan fingerprint density at radius 1 is 1.32 bits per heavy atom. The fraction of sp³-hybridized carbons (Fsp3) is 0.500. The quantitative estimate of drug-likeness (QED) is 0.793. The molecule has 5 heteroatoms. The molecule has 0 unspecified atom stereocenters. The third kappa shape index (κ3) is 7.15. The van der Waals surface area contributed by atoms with Crippen molar-refractivity contribution in [2.24, 2.45) is 5.73 Å². The highest BCUT2D eigenvalue weighted by Crippen LogP contribution is 2.05. The predicted octanol–water partition coefficient (Wildman–Crippen LogP) is 1.82. The Hall–Kier alpha value is -1.10. The van der Waals surface area contributed by atoms with Gasteiger partial charge in [-0.25, -0.2) is 0 Å². The summed E-state index contributed by atoms with van der Waals surface area (Å²) in [6, 6.07) is 9.95. The van der Waals surface area contributed by atoms with Gasteiger partial charge in [-0.15, -0.1) is 12.4 Å². The van der Waals surface area contributed by atoms with Gasteiger partial charge in [0.2, 0.25) is 5.91 Å². The van der Waals surface area contributed by atoms with Crippen molar-refractivity contribution < 1.29 is 9.53 Å². The van der Waals surface area contributed by atoms with Gasteiger partial charge in [0.15, 0.2) is 0 Å². The van der Waals surface area contributed by atoms with Crippen molar-refractivity contribution in [2.45, 2.75) is 19.9 Å². The van der Waals surface area contributed by atoms with E-state index in [0.717, 1.165) is 12.0 Å². The predicted molar refractivity (Wildman–Crippen MR) is 79.3 cm³/mol.